The van der Waals surface area contributed by atoms with E-state index in [-0.39, 0.29) is 0 Å². The van der Waals surface area contributed by atoms with E-state index in [2.05, 4.69) is 10.4 Å². The predicted octanol–water partition coefficient (Wildman–Crippen LogP) is 5.49. The van der Waals surface area contributed by atoms with Crippen LogP contribution in [0.3, 0.4) is 0 Å². The summed E-state index contributed by atoms with van der Waals surface area (Å²) in [6.45, 7) is 0. The van der Waals surface area contributed by atoms with Crippen LogP contribution in [-0.4, -0.2) is 29.9 Å². The number of para-hydroxylation sites is 2. The van der Waals surface area contributed by atoms with Crippen molar-refractivity contribution in [3.8, 4) is 28.4 Å². The van der Waals surface area contributed by atoms with Crippen molar-refractivity contribution in [3.05, 3.63) is 96.2 Å². The molecular weight excluding hydrogens is 440 g/mol. The number of halogens is 2. The second-order valence-corrected chi connectivity index (χ2v) is 7.20. The molecule has 1 heterocycles. The van der Waals surface area contributed by atoms with Gasteiger partial charge in [0.2, 0.25) is 5.91 Å². The number of rotatable bonds is 7. The second-order valence-electron chi connectivity index (χ2n) is 7.20. The van der Waals surface area contributed by atoms with E-state index in [1.807, 2.05) is 36.4 Å². The van der Waals surface area contributed by atoms with E-state index in [1.54, 1.807) is 30.1 Å². The molecule has 0 atom stereocenters. The average Bonchev–Trinajstić information content (AvgIpc) is 3.29. The molecule has 6 nitrogen and oxygen atoms in total. The summed E-state index contributed by atoms with van der Waals surface area (Å²) >= 11 is 0. The number of nitrogens with one attached hydrogen (secondary N) is 1. The van der Waals surface area contributed by atoms with Crippen molar-refractivity contribution in [3.63, 3.8) is 0 Å². The van der Waals surface area contributed by atoms with Crippen LogP contribution in [0.5, 0.6) is 11.5 Å². The van der Waals surface area contributed by atoms with Crippen LogP contribution in [0.2, 0.25) is 0 Å². The lowest BCUT2D eigenvalue weighted by Crippen LogP contribution is -2.10. The number of hydrogen-bond donors (Lipinski definition) is 1. The van der Waals surface area contributed by atoms with Gasteiger partial charge in [-0.05, 0) is 48.5 Å². The number of anilines is 1. The van der Waals surface area contributed by atoms with Crippen LogP contribution in [0.1, 0.15) is 5.56 Å². The molecule has 0 fully saturated rings. The monoisotopic (exact) mass is 461 g/mol. The van der Waals surface area contributed by atoms with Gasteiger partial charge >= 0.3 is 0 Å². The molecule has 0 unspecified atom stereocenters. The van der Waals surface area contributed by atoms with Crippen molar-refractivity contribution in [1.82, 2.24) is 9.78 Å². The summed E-state index contributed by atoms with van der Waals surface area (Å²) in [6, 6.07) is 18.2. The lowest BCUT2D eigenvalue weighted by molar-refractivity contribution is -0.111. The first-order valence-corrected chi connectivity index (χ1v) is 10.3. The first kappa shape index (κ1) is 22.7. The summed E-state index contributed by atoms with van der Waals surface area (Å²) in [6.07, 6.45) is 4.49. The van der Waals surface area contributed by atoms with Gasteiger partial charge in [-0.15, -0.1) is 0 Å². The Kier molecular flexibility index (Phi) is 6.68. The normalized spacial score (nSPS) is 10.9. The van der Waals surface area contributed by atoms with Crippen LogP contribution in [0.25, 0.3) is 23.0 Å². The molecule has 4 aromatic rings. The van der Waals surface area contributed by atoms with E-state index in [0.29, 0.717) is 22.8 Å². The van der Waals surface area contributed by atoms with Gasteiger partial charge in [-0.1, -0.05) is 24.3 Å². The molecular formula is C26H21F2N3O3. The number of benzene rings is 3. The van der Waals surface area contributed by atoms with E-state index in [0.717, 1.165) is 23.4 Å². The number of carbonyl (C=O) groups excluding carboxylic acids is 1. The minimum atomic E-state index is -0.857. The highest BCUT2D eigenvalue weighted by Gasteiger charge is 2.15. The number of amides is 1. The Morgan fingerprint density at radius 2 is 1.65 bits per heavy atom. The molecule has 0 spiro atoms. The van der Waals surface area contributed by atoms with Gasteiger partial charge in [0.25, 0.3) is 0 Å². The topological polar surface area (TPSA) is 65.4 Å². The van der Waals surface area contributed by atoms with Gasteiger partial charge < -0.3 is 14.8 Å². The largest absolute Gasteiger partial charge is 0.493 e. The van der Waals surface area contributed by atoms with E-state index < -0.39 is 23.2 Å². The van der Waals surface area contributed by atoms with Crippen molar-refractivity contribution in [2.45, 2.75) is 0 Å². The van der Waals surface area contributed by atoms with Gasteiger partial charge in [0, 0.05) is 23.4 Å². The zero-order valence-electron chi connectivity index (χ0n) is 18.5. The molecule has 34 heavy (non-hydrogen) atoms. The number of methoxy groups -OCH3 is 2. The first-order valence-electron chi connectivity index (χ1n) is 10.3. The fourth-order valence-corrected chi connectivity index (χ4v) is 3.38. The number of carbonyl (C=O) groups is 1. The van der Waals surface area contributed by atoms with Crippen LogP contribution in [0.15, 0.2) is 79.0 Å². The standard InChI is InChI=1S/C26H21F2N3O3/c1-33-22-13-11-17(15-23(22)34-2)25-18(16-31(30-25)19-7-4-3-5-8-19)12-14-24(32)29-26-20(27)9-6-10-21(26)28/h3-16H,1-2H3,(H,29,32). The van der Waals surface area contributed by atoms with Crippen molar-refractivity contribution >= 4 is 17.7 Å². The van der Waals surface area contributed by atoms with Crippen LogP contribution >= 0.6 is 0 Å². The molecule has 1 aromatic heterocycles. The molecule has 4 rings (SSSR count). The minimum absolute atomic E-state index is 0.503. The summed E-state index contributed by atoms with van der Waals surface area (Å²) in [7, 11) is 3.09. The van der Waals surface area contributed by atoms with Gasteiger partial charge in [0.1, 0.15) is 23.0 Å². The highest BCUT2D eigenvalue weighted by Crippen LogP contribution is 2.33. The maximum Gasteiger partial charge on any atom is 0.248 e. The molecule has 0 aliphatic carbocycles. The molecule has 0 saturated heterocycles. The smallest absolute Gasteiger partial charge is 0.248 e. The molecule has 0 aliphatic heterocycles. The summed E-state index contributed by atoms with van der Waals surface area (Å²) in [4.78, 5) is 12.4. The maximum atomic E-state index is 13.9. The summed E-state index contributed by atoms with van der Waals surface area (Å²) in [5.74, 6) is -1.31. The van der Waals surface area contributed by atoms with E-state index in [9.17, 15) is 13.6 Å². The van der Waals surface area contributed by atoms with Crippen LogP contribution in [-0.2, 0) is 4.79 Å². The second kappa shape index (κ2) is 9.99. The third kappa shape index (κ3) is 4.80. The zero-order chi connectivity index (χ0) is 24.1. The number of hydrogen-bond acceptors (Lipinski definition) is 4. The Morgan fingerprint density at radius 3 is 2.32 bits per heavy atom. The molecule has 0 saturated carbocycles. The molecule has 3 aromatic carbocycles. The Bertz CT molecular complexity index is 1330. The van der Waals surface area contributed by atoms with Gasteiger partial charge in [0.15, 0.2) is 11.5 Å². The van der Waals surface area contributed by atoms with Crippen molar-refractivity contribution in [2.75, 3.05) is 19.5 Å². The number of ether oxygens (including phenoxy) is 2. The Morgan fingerprint density at radius 1 is 0.941 bits per heavy atom. The molecule has 172 valence electrons. The van der Waals surface area contributed by atoms with Crippen LogP contribution in [0, 0.1) is 11.6 Å². The molecule has 0 bridgehead atoms. The van der Waals surface area contributed by atoms with Crippen molar-refractivity contribution in [2.24, 2.45) is 0 Å². The maximum absolute atomic E-state index is 13.9. The zero-order valence-corrected chi connectivity index (χ0v) is 18.5. The Balaban J connectivity index is 1.71. The lowest BCUT2D eigenvalue weighted by atomic mass is 10.1. The fourth-order valence-electron chi connectivity index (χ4n) is 3.38. The Labute approximate surface area is 195 Å². The summed E-state index contributed by atoms with van der Waals surface area (Å²) < 4.78 is 40.1. The quantitative estimate of drug-likeness (QED) is 0.370. The van der Waals surface area contributed by atoms with Gasteiger partial charge in [-0.2, -0.15) is 5.10 Å². The first-order chi connectivity index (χ1) is 16.5. The Hall–Kier alpha value is -4.46. The van der Waals surface area contributed by atoms with Gasteiger partial charge in [-0.3, -0.25) is 4.79 Å². The average molecular weight is 461 g/mol. The molecule has 1 amide bonds. The van der Waals surface area contributed by atoms with E-state index in [4.69, 9.17) is 9.47 Å². The fraction of sp³-hybridized carbons (Fsp3) is 0.0769. The number of nitrogens with zero attached hydrogens (tertiary/aromatic N) is 2. The predicted molar refractivity (Wildman–Crippen MR) is 126 cm³/mol. The molecule has 1 N–H and O–H groups in total. The van der Waals surface area contributed by atoms with Crippen molar-refractivity contribution in [1.29, 1.82) is 0 Å². The molecule has 0 radical (unpaired) electrons. The highest BCUT2D eigenvalue weighted by molar-refractivity contribution is 6.02. The molecule has 0 aliphatic rings. The third-order valence-corrected chi connectivity index (χ3v) is 5.05. The number of aromatic nitrogens is 2. The molecule has 8 heteroatoms. The summed E-state index contributed by atoms with van der Waals surface area (Å²) in [5, 5.41) is 6.93. The van der Waals surface area contributed by atoms with Gasteiger partial charge in [0.05, 0.1) is 19.9 Å². The van der Waals surface area contributed by atoms with Gasteiger partial charge in [-0.25, -0.2) is 13.5 Å². The highest BCUT2D eigenvalue weighted by atomic mass is 19.1. The van der Waals surface area contributed by atoms with E-state index >= 15 is 0 Å². The van der Waals surface area contributed by atoms with Crippen LogP contribution < -0.4 is 14.8 Å². The summed E-state index contributed by atoms with van der Waals surface area (Å²) in [5.41, 5.74) is 2.23. The minimum Gasteiger partial charge on any atom is -0.493 e. The van der Waals surface area contributed by atoms with Crippen molar-refractivity contribution < 1.29 is 23.0 Å². The SMILES string of the molecule is COc1ccc(-c2nn(-c3ccccc3)cc2C=CC(=O)Nc2c(F)cccc2F)cc1OC. The third-order valence-electron chi connectivity index (χ3n) is 5.05. The van der Waals surface area contributed by atoms with Crippen LogP contribution in [0.4, 0.5) is 14.5 Å². The van der Waals surface area contributed by atoms with E-state index in [1.165, 1.54) is 25.3 Å². The lowest BCUT2D eigenvalue weighted by Gasteiger charge is -2.09.